The summed E-state index contributed by atoms with van der Waals surface area (Å²) in [6.07, 6.45) is 1.29. The molecule has 1 aliphatic heterocycles. The van der Waals surface area contributed by atoms with Crippen LogP contribution in [0.5, 0.6) is 0 Å². The van der Waals surface area contributed by atoms with E-state index in [2.05, 4.69) is 52.4 Å². The highest BCUT2D eigenvalue weighted by atomic mass is 79.9. The van der Waals surface area contributed by atoms with Crippen molar-refractivity contribution < 1.29 is 0 Å². The van der Waals surface area contributed by atoms with Crippen LogP contribution in [-0.4, -0.2) is 6.54 Å². The van der Waals surface area contributed by atoms with E-state index in [1.165, 1.54) is 12.0 Å². The topological polar surface area (TPSA) is 12.0 Å². The van der Waals surface area contributed by atoms with Crippen LogP contribution < -0.4 is 5.32 Å². The van der Waals surface area contributed by atoms with Crippen LogP contribution in [0.1, 0.15) is 24.9 Å². The van der Waals surface area contributed by atoms with Gasteiger partial charge in [-0.05, 0) is 36.6 Å². The third-order valence-corrected chi connectivity index (χ3v) is 3.29. The molecule has 0 aliphatic carbocycles. The fraction of sp³-hybridized carbons (Fsp3) is 0.455. The lowest BCUT2D eigenvalue weighted by Crippen LogP contribution is -2.16. The maximum absolute atomic E-state index is 3.53. The second kappa shape index (κ2) is 3.81. The summed E-state index contributed by atoms with van der Waals surface area (Å²) in [5.74, 6) is 0.765. The van der Waals surface area contributed by atoms with Crippen molar-refractivity contribution in [3.05, 3.63) is 34.3 Å². The summed E-state index contributed by atoms with van der Waals surface area (Å²) in [6.45, 7) is 3.47. The minimum absolute atomic E-state index is 0.563. The molecule has 1 saturated heterocycles. The Kier molecular flexibility index (Phi) is 2.70. The SMILES string of the molecule is C[C@H]1CCN[C@@H]1c1ccc(Br)cc1. The van der Waals surface area contributed by atoms with Gasteiger partial charge in [0.2, 0.25) is 0 Å². The molecule has 0 aromatic heterocycles. The molecule has 0 radical (unpaired) electrons. The van der Waals surface area contributed by atoms with Crippen LogP contribution >= 0.6 is 15.9 Å². The van der Waals surface area contributed by atoms with E-state index in [0.29, 0.717) is 6.04 Å². The minimum atomic E-state index is 0.563. The first kappa shape index (κ1) is 9.22. The quantitative estimate of drug-likeness (QED) is 0.795. The molecule has 1 aromatic rings. The Hall–Kier alpha value is -0.340. The van der Waals surface area contributed by atoms with Gasteiger partial charge < -0.3 is 5.32 Å². The predicted octanol–water partition coefficient (Wildman–Crippen LogP) is 3.12. The van der Waals surface area contributed by atoms with Crippen molar-refractivity contribution in [3.63, 3.8) is 0 Å². The Labute approximate surface area is 87.7 Å². The van der Waals surface area contributed by atoms with Gasteiger partial charge in [-0.1, -0.05) is 35.0 Å². The van der Waals surface area contributed by atoms with Gasteiger partial charge in [0.25, 0.3) is 0 Å². The summed E-state index contributed by atoms with van der Waals surface area (Å²) in [7, 11) is 0. The lowest BCUT2D eigenvalue weighted by molar-refractivity contribution is 0.504. The van der Waals surface area contributed by atoms with Crippen LogP contribution in [0.25, 0.3) is 0 Å². The standard InChI is InChI=1S/C11H14BrN/c1-8-6-7-13-11(8)9-2-4-10(12)5-3-9/h2-5,8,11,13H,6-7H2,1H3/t8-,11-/m0/s1. The zero-order valence-electron chi connectivity index (χ0n) is 7.76. The minimum Gasteiger partial charge on any atom is -0.310 e. The molecule has 1 nitrogen and oxygen atoms in total. The van der Waals surface area contributed by atoms with Crippen molar-refractivity contribution in [2.75, 3.05) is 6.54 Å². The van der Waals surface area contributed by atoms with E-state index in [1.807, 2.05) is 0 Å². The van der Waals surface area contributed by atoms with Crippen LogP contribution in [0.15, 0.2) is 28.7 Å². The average molecular weight is 240 g/mol. The van der Waals surface area contributed by atoms with Crippen LogP contribution in [0, 0.1) is 5.92 Å². The van der Waals surface area contributed by atoms with Crippen molar-refractivity contribution in [2.45, 2.75) is 19.4 Å². The van der Waals surface area contributed by atoms with Gasteiger partial charge in [-0.15, -0.1) is 0 Å². The van der Waals surface area contributed by atoms with Gasteiger partial charge in [-0.3, -0.25) is 0 Å². The smallest absolute Gasteiger partial charge is 0.0346 e. The van der Waals surface area contributed by atoms with Crippen LogP contribution in [0.3, 0.4) is 0 Å². The molecule has 0 amide bonds. The first-order valence-electron chi connectivity index (χ1n) is 4.76. The first-order chi connectivity index (χ1) is 6.27. The normalized spacial score (nSPS) is 27.8. The Bertz CT molecular complexity index is 281. The van der Waals surface area contributed by atoms with E-state index < -0.39 is 0 Å². The molecule has 1 aromatic carbocycles. The molecule has 70 valence electrons. The average Bonchev–Trinajstić information content (AvgIpc) is 2.53. The first-order valence-corrected chi connectivity index (χ1v) is 5.55. The number of hydrogen-bond donors (Lipinski definition) is 1. The van der Waals surface area contributed by atoms with Gasteiger partial charge in [-0.2, -0.15) is 0 Å². The molecule has 1 N–H and O–H groups in total. The van der Waals surface area contributed by atoms with Gasteiger partial charge in [-0.25, -0.2) is 0 Å². The van der Waals surface area contributed by atoms with Crippen LogP contribution in [0.2, 0.25) is 0 Å². The van der Waals surface area contributed by atoms with Gasteiger partial charge >= 0.3 is 0 Å². The molecule has 0 spiro atoms. The maximum Gasteiger partial charge on any atom is 0.0346 e. The maximum atomic E-state index is 3.53. The van der Waals surface area contributed by atoms with Gasteiger partial charge in [0.1, 0.15) is 0 Å². The molecule has 1 fully saturated rings. The molecule has 2 atom stereocenters. The lowest BCUT2D eigenvalue weighted by Gasteiger charge is -2.15. The summed E-state index contributed by atoms with van der Waals surface area (Å²) in [6, 6.07) is 9.19. The second-order valence-corrected chi connectivity index (χ2v) is 4.66. The van der Waals surface area contributed by atoms with E-state index in [4.69, 9.17) is 0 Å². The van der Waals surface area contributed by atoms with Gasteiger partial charge in [0.05, 0.1) is 0 Å². The Morgan fingerprint density at radius 3 is 2.54 bits per heavy atom. The highest BCUT2D eigenvalue weighted by Gasteiger charge is 2.23. The molecule has 2 rings (SSSR count). The number of rotatable bonds is 1. The van der Waals surface area contributed by atoms with E-state index in [-0.39, 0.29) is 0 Å². The fourth-order valence-corrected chi connectivity index (χ4v) is 2.22. The van der Waals surface area contributed by atoms with E-state index in [0.717, 1.165) is 16.9 Å². The summed E-state index contributed by atoms with van der Waals surface area (Å²) < 4.78 is 1.15. The van der Waals surface area contributed by atoms with Gasteiger partial charge in [0, 0.05) is 10.5 Å². The summed E-state index contributed by atoms with van der Waals surface area (Å²) in [5.41, 5.74) is 1.41. The molecule has 13 heavy (non-hydrogen) atoms. The van der Waals surface area contributed by atoms with Crippen LogP contribution in [0.4, 0.5) is 0 Å². The Balaban J connectivity index is 2.20. The fourth-order valence-electron chi connectivity index (χ4n) is 1.95. The summed E-state index contributed by atoms with van der Waals surface area (Å²) in [5, 5.41) is 3.53. The third kappa shape index (κ3) is 1.94. The van der Waals surface area contributed by atoms with E-state index >= 15 is 0 Å². The molecular formula is C11H14BrN. The van der Waals surface area contributed by atoms with Crippen molar-refractivity contribution in [2.24, 2.45) is 5.92 Å². The van der Waals surface area contributed by atoms with E-state index in [1.54, 1.807) is 0 Å². The van der Waals surface area contributed by atoms with Crippen molar-refractivity contribution in [3.8, 4) is 0 Å². The monoisotopic (exact) mass is 239 g/mol. The molecular weight excluding hydrogens is 226 g/mol. The summed E-state index contributed by atoms with van der Waals surface area (Å²) in [4.78, 5) is 0. The number of nitrogens with one attached hydrogen (secondary N) is 1. The van der Waals surface area contributed by atoms with Gasteiger partial charge in [0.15, 0.2) is 0 Å². The third-order valence-electron chi connectivity index (χ3n) is 2.76. The number of hydrogen-bond acceptors (Lipinski definition) is 1. The Morgan fingerprint density at radius 2 is 2.00 bits per heavy atom. The lowest BCUT2D eigenvalue weighted by atomic mass is 9.96. The zero-order chi connectivity index (χ0) is 9.26. The highest BCUT2D eigenvalue weighted by molar-refractivity contribution is 9.10. The number of benzene rings is 1. The molecule has 1 heterocycles. The van der Waals surface area contributed by atoms with Crippen molar-refractivity contribution >= 4 is 15.9 Å². The van der Waals surface area contributed by atoms with E-state index in [9.17, 15) is 0 Å². The second-order valence-electron chi connectivity index (χ2n) is 3.75. The molecule has 0 saturated carbocycles. The largest absolute Gasteiger partial charge is 0.310 e. The van der Waals surface area contributed by atoms with Crippen molar-refractivity contribution in [1.82, 2.24) is 5.32 Å². The Morgan fingerprint density at radius 1 is 1.31 bits per heavy atom. The highest BCUT2D eigenvalue weighted by Crippen LogP contribution is 2.29. The zero-order valence-corrected chi connectivity index (χ0v) is 9.34. The molecule has 0 bridgehead atoms. The molecule has 2 heteroatoms. The predicted molar refractivity (Wildman–Crippen MR) is 58.7 cm³/mol. The van der Waals surface area contributed by atoms with Crippen LogP contribution in [-0.2, 0) is 0 Å². The molecule has 1 aliphatic rings. The van der Waals surface area contributed by atoms with Crippen molar-refractivity contribution in [1.29, 1.82) is 0 Å². The molecule has 0 unspecified atom stereocenters. The summed E-state index contributed by atoms with van der Waals surface area (Å²) >= 11 is 3.45. The number of halogens is 1.